The molecule has 1 fully saturated rings. The SMILES string of the molecule is NC(=O)c1nc(N)nn1[C@@H]1O[C@H](CO)[C@@H](O)[C@H]1O. The third-order valence-corrected chi connectivity index (χ3v) is 2.63. The fraction of sp³-hybridized carbons (Fsp3) is 0.625. The van der Waals surface area contributed by atoms with Gasteiger partial charge in [-0.05, 0) is 0 Å². The highest BCUT2D eigenvalue weighted by molar-refractivity contribution is 5.89. The topological polar surface area (TPSA) is 170 Å². The number of nitrogens with two attached hydrogens (primary N) is 2. The Kier molecular flexibility index (Phi) is 3.17. The lowest BCUT2D eigenvalue weighted by molar-refractivity contribution is -0.0594. The quantitative estimate of drug-likeness (QED) is 0.373. The molecule has 1 aromatic heterocycles. The van der Waals surface area contributed by atoms with Gasteiger partial charge >= 0.3 is 0 Å². The Morgan fingerprint density at radius 1 is 1.44 bits per heavy atom. The summed E-state index contributed by atoms with van der Waals surface area (Å²) in [6, 6.07) is 0. The molecular weight excluding hydrogens is 246 g/mol. The van der Waals surface area contributed by atoms with Gasteiger partial charge in [-0.15, -0.1) is 5.10 Å². The van der Waals surface area contributed by atoms with Crippen LogP contribution in [0.2, 0.25) is 0 Å². The number of ether oxygens (including phenoxy) is 1. The van der Waals surface area contributed by atoms with Crippen LogP contribution in [0.1, 0.15) is 16.8 Å². The molecule has 0 unspecified atom stereocenters. The second kappa shape index (κ2) is 4.49. The average molecular weight is 259 g/mol. The van der Waals surface area contributed by atoms with E-state index in [0.717, 1.165) is 4.68 Å². The summed E-state index contributed by atoms with van der Waals surface area (Å²) >= 11 is 0. The summed E-state index contributed by atoms with van der Waals surface area (Å²) < 4.78 is 6.06. The number of hydrogen-bond acceptors (Lipinski definition) is 8. The maximum absolute atomic E-state index is 11.1. The molecule has 0 aromatic carbocycles. The van der Waals surface area contributed by atoms with Crippen molar-refractivity contribution in [3.05, 3.63) is 5.82 Å². The first-order valence-corrected chi connectivity index (χ1v) is 5.10. The van der Waals surface area contributed by atoms with Crippen LogP contribution in [0.25, 0.3) is 0 Å². The van der Waals surface area contributed by atoms with E-state index in [1.165, 1.54) is 0 Å². The maximum atomic E-state index is 11.1. The summed E-state index contributed by atoms with van der Waals surface area (Å²) in [7, 11) is 0. The van der Waals surface area contributed by atoms with Crippen molar-refractivity contribution in [3.8, 4) is 0 Å². The maximum Gasteiger partial charge on any atom is 0.286 e. The van der Waals surface area contributed by atoms with Crippen LogP contribution >= 0.6 is 0 Å². The summed E-state index contributed by atoms with van der Waals surface area (Å²) in [6.07, 6.45) is -4.88. The highest BCUT2D eigenvalue weighted by Crippen LogP contribution is 2.29. The van der Waals surface area contributed by atoms with Gasteiger partial charge in [-0.1, -0.05) is 0 Å². The van der Waals surface area contributed by atoms with Crippen LogP contribution in [0.4, 0.5) is 5.95 Å². The van der Waals surface area contributed by atoms with Crippen molar-refractivity contribution in [1.29, 1.82) is 0 Å². The number of amides is 1. The Balaban J connectivity index is 2.35. The first-order chi connectivity index (χ1) is 8.45. The van der Waals surface area contributed by atoms with Crippen LogP contribution in [-0.2, 0) is 4.74 Å². The molecule has 1 aliphatic rings. The number of aromatic nitrogens is 3. The van der Waals surface area contributed by atoms with Gasteiger partial charge in [0.2, 0.25) is 11.8 Å². The minimum atomic E-state index is -1.39. The van der Waals surface area contributed by atoms with E-state index in [9.17, 15) is 15.0 Å². The molecule has 0 saturated carbocycles. The largest absolute Gasteiger partial charge is 0.394 e. The van der Waals surface area contributed by atoms with Gasteiger partial charge in [0.15, 0.2) is 6.23 Å². The van der Waals surface area contributed by atoms with E-state index in [4.69, 9.17) is 21.3 Å². The van der Waals surface area contributed by atoms with Gasteiger partial charge in [0.25, 0.3) is 5.91 Å². The Hall–Kier alpha value is -1.75. The number of nitrogen functional groups attached to an aromatic ring is 1. The van der Waals surface area contributed by atoms with Gasteiger partial charge in [-0.25, -0.2) is 4.68 Å². The Morgan fingerprint density at radius 3 is 2.61 bits per heavy atom. The van der Waals surface area contributed by atoms with Crippen LogP contribution in [-0.4, -0.2) is 60.9 Å². The first-order valence-electron chi connectivity index (χ1n) is 5.10. The van der Waals surface area contributed by atoms with Gasteiger partial charge in [-0.2, -0.15) is 4.98 Å². The van der Waals surface area contributed by atoms with E-state index in [1.54, 1.807) is 0 Å². The number of anilines is 1. The predicted molar refractivity (Wildman–Crippen MR) is 56.0 cm³/mol. The lowest BCUT2D eigenvalue weighted by atomic mass is 10.1. The minimum absolute atomic E-state index is 0.221. The minimum Gasteiger partial charge on any atom is -0.394 e. The standard InChI is InChI=1S/C8H13N5O5/c9-5(17)6-11-8(10)12-13(6)7-4(16)3(15)2(1-14)18-7/h2-4,7,14-16H,1H2,(H2,9,17)(H2,10,12)/t2-,3-,4-,7-/m1/s1. The van der Waals surface area contributed by atoms with E-state index in [0.29, 0.717) is 0 Å². The molecule has 0 spiro atoms. The molecule has 100 valence electrons. The first kappa shape index (κ1) is 12.7. The van der Waals surface area contributed by atoms with E-state index in [2.05, 4.69) is 10.1 Å². The molecule has 2 rings (SSSR count). The van der Waals surface area contributed by atoms with E-state index in [-0.39, 0.29) is 11.8 Å². The summed E-state index contributed by atoms with van der Waals surface area (Å²) in [5.41, 5.74) is 10.4. The van der Waals surface area contributed by atoms with Gasteiger partial charge in [-0.3, -0.25) is 4.79 Å². The van der Waals surface area contributed by atoms with Crippen LogP contribution in [0.15, 0.2) is 0 Å². The predicted octanol–water partition coefficient (Wildman–Crippen LogP) is -3.43. The van der Waals surface area contributed by atoms with Gasteiger partial charge in [0.1, 0.15) is 18.3 Å². The molecule has 2 heterocycles. The lowest BCUT2D eigenvalue weighted by Crippen LogP contribution is -2.34. The van der Waals surface area contributed by atoms with Crippen molar-refractivity contribution in [2.75, 3.05) is 12.3 Å². The van der Waals surface area contributed by atoms with E-state index < -0.39 is 37.1 Å². The summed E-state index contributed by atoms with van der Waals surface area (Å²) in [5.74, 6) is -1.43. The molecule has 0 radical (unpaired) electrons. The molecule has 4 atom stereocenters. The second-order valence-electron chi connectivity index (χ2n) is 3.83. The van der Waals surface area contributed by atoms with Crippen molar-refractivity contribution in [1.82, 2.24) is 14.8 Å². The van der Waals surface area contributed by atoms with Gasteiger partial charge in [0.05, 0.1) is 6.61 Å². The molecule has 18 heavy (non-hydrogen) atoms. The Labute approximate surface area is 101 Å². The molecule has 1 saturated heterocycles. The zero-order valence-electron chi connectivity index (χ0n) is 9.17. The van der Waals surface area contributed by atoms with Crippen molar-refractivity contribution in [2.45, 2.75) is 24.5 Å². The molecule has 7 N–H and O–H groups in total. The number of rotatable bonds is 3. The number of aliphatic hydroxyl groups is 3. The van der Waals surface area contributed by atoms with Crippen molar-refractivity contribution >= 4 is 11.9 Å². The van der Waals surface area contributed by atoms with Crippen LogP contribution in [0, 0.1) is 0 Å². The molecule has 1 aliphatic heterocycles. The number of nitrogens with zero attached hydrogens (tertiary/aromatic N) is 3. The number of primary amides is 1. The van der Waals surface area contributed by atoms with Crippen LogP contribution in [0.5, 0.6) is 0 Å². The number of carbonyl (C=O) groups excluding carboxylic acids is 1. The fourth-order valence-corrected chi connectivity index (χ4v) is 1.77. The third kappa shape index (κ3) is 1.90. The van der Waals surface area contributed by atoms with E-state index >= 15 is 0 Å². The molecule has 0 aliphatic carbocycles. The zero-order chi connectivity index (χ0) is 13.4. The Morgan fingerprint density at radius 2 is 2.11 bits per heavy atom. The molecule has 10 heteroatoms. The fourth-order valence-electron chi connectivity index (χ4n) is 1.77. The molecule has 1 aromatic rings. The van der Waals surface area contributed by atoms with Crippen molar-refractivity contribution in [2.24, 2.45) is 5.73 Å². The van der Waals surface area contributed by atoms with Gasteiger partial charge in [0, 0.05) is 0 Å². The summed E-state index contributed by atoms with van der Waals surface area (Å²) in [6.45, 7) is -0.495. The van der Waals surface area contributed by atoms with Gasteiger partial charge < -0.3 is 31.5 Å². The lowest BCUT2D eigenvalue weighted by Gasteiger charge is -2.15. The normalized spacial score (nSPS) is 31.7. The van der Waals surface area contributed by atoms with Crippen LogP contribution < -0.4 is 11.5 Å². The second-order valence-corrected chi connectivity index (χ2v) is 3.83. The molecule has 10 nitrogen and oxygen atoms in total. The van der Waals surface area contributed by atoms with Crippen molar-refractivity contribution in [3.63, 3.8) is 0 Å². The number of hydrogen-bond donors (Lipinski definition) is 5. The zero-order valence-corrected chi connectivity index (χ0v) is 9.17. The molecular formula is C8H13N5O5. The summed E-state index contributed by atoms with van der Waals surface area (Å²) in [4.78, 5) is 14.7. The Bertz CT molecular complexity index is 463. The highest BCUT2D eigenvalue weighted by atomic mass is 16.6. The monoisotopic (exact) mass is 259 g/mol. The summed E-state index contributed by atoms with van der Waals surface area (Å²) in [5, 5.41) is 32.0. The number of aliphatic hydroxyl groups excluding tert-OH is 3. The van der Waals surface area contributed by atoms with E-state index in [1.807, 2.05) is 0 Å². The third-order valence-electron chi connectivity index (χ3n) is 2.63. The molecule has 1 amide bonds. The van der Waals surface area contributed by atoms with Crippen LogP contribution in [0.3, 0.4) is 0 Å². The smallest absolute Gasteiger partial charge is 0.286 e. The molecule has 0 bridgehead atoms. The highest BCUT2D eigenvalue weighted by Gasteiger charge is 2.45. The average Bonchev–Trinajstić information content (AvgIpc) is 2.82. The number of carbonyl (C=O) groups is 1. The van der Waals surface area contributed by atoms with Crippen molar-refractivity contribution < 1.29 is 24.9 Å².